The Morgan fingerprint density at radius 1 is 1.43 bits per heavy atom. The quantitative estimate of drug-likeness (QED) is 0.472. The van der Waals surface area contributed by atoms with Crippen molar-refractivity contribution >= 4 is 17.6 Å². The number of benzene rings is 1. The summed E-state index contributed by atoms with van der Waals surface area (Å²) in [7, 11) is 0. The van der Waals surface area contributed by atoms with Crippen LogP contribution >= 0.6 is 0 Å². The number of carbonyl (C=O) groups excluding carboxylic acids is 1. The zero-order valence-corrected chi connectivity index (χ0v) is 11.1. The Balaban J connectivity index is 2.65. The minimum Gasteiger partial charge on any atom is -0.480 e. The Morgan fingerprint density at radius 2 is 2.05 bits per heavy atom. The fourth-order valence-electron chi connectivity index (χ4n) is 1.48. The first kappa shape index (κ1) is 16.4. The van der Waals surface area contributed by atoms with Crippen molar-refractivity contribution in [3.05, 3.63) is 34.4 Å². The van der Waals surface area contributed by atoms with E-state index in [1.807, 2.05) is 0 Å². The number of amides is 1. The number of nitro groups is 1. The van der Waals surface area contributed by atoms with E-state index in [9.17, 15) is 24.8 Å². The molecule has 21 heavy (non-hydrogen) atoms. The van der Waals surface area contributed by atoms with Crippen LogP contribution in [0.25, 0.3) is 0 Å². The van der Waals surface area contributed by atoms with E-state index >= 15 is 0 Å². The smallest absolute Gasteiger partial charge is 0.328 e. The number of aliphatic hydroxyl groups excluding tert-OH is 1. The number of hydrogen-bond donors (Lipinski definition) is 3. The number of nitro benzene ring substituents is 1. The average molecular weight is 298 g/mol. The monoisotopic (exact) mass is 298 g/mol. The van der Waals surface area contributed by atoms with E-state index in [2.05, 4.69) is 5.32 Å². The molecule has 1 amide bonds. The first-order valence-corrected chi connectivity index (χ1v) is 5.89. The lowest BCUT2D eigenvalue weighted by molar-refractivity contribution is -0.385. The van der Waals surface area contributed by atoms with Crippen molar-refractivity contribution in [3.8, 4) is 5.75 Å². The molecule has 0 fully saturated rings. The van der Waals surface area contributed by atoms with Crippen molar-refractivity contribution in [2.24, 2.45) is 0 Å². The number of rotatable bonds is 7. The fraction of sp³-hybridized carbons (Fsp3) is 0.333. The molecule has 2 unspecified atom stereocenters. The van der Waals surface area contributed by atoms with Gasteiger partial charge in [-0.15, -0.1) is 0 Å². The van der Waals surface area contributed by atoms with E-state index in [1.54, 1.807) is 0 Å². The fourth-order valence-corrected chi connectivity index (χ4v) is 1.48. The number of nitrogens with zero attached hydrogens (tertiary/aromatic N) is 1. The molecule has 0 aliphatic carbocycles. The van der Waals surface area contributed by atoms with Crippen LogP contribution in [-0.2, 0) is 9.59 Å². The van der Waals surface area contributed by atoms with E-state index < -0.39 is 35.6 Å². The van der Waals surface area contributed by atoms with Gasteiger partial charge in [0.2, 0.25) is 0 Å². The van der Waals surface area contributed by atoms with Crippen molar-refractivity contribution in [3.63, 3.8) is 0 Å². The van der Waals surface area contributed by atoms with Gasteiger partial charge in [0.05, 0.1) is 11.0 Å². The van der Waals surface area contributed by atoms with Gasteiger partial charge in [0, 0.05) is 6.07 Å². The van der Waals surface area contributed by atoms with Crippen molar-refractivity contribution in [2.75, 3.05) is 6.61 Å². The highest BCUT2D eigenvalue weighted by atomic mass is 16.6. The molecule has 0 aliphatic rings. The minimum absolute atomic E-state index is 0.110. The van der Waals surface area contributed by atoms with Gasteiger partial charge in [-0.05, 0) is 13.0 Å². The molecule has 0 aromatic heterocycles. The molecule has 9 heteroatoms. The molecule has 114 valence electrons. The number of aliphatic hydroxyl groups is 1. The normalized spacial score (nSPS) is 13.0. The minimum atomic E-state index is -1.48. The van der Waals surface area contributed by atoms with Crippen molar-refractivity contribution in [1.29, 1.82) is 0 Å². The van der Waals surface area contributed by atoms with Crippen LogP contribution < -0.4 is 10.1 Å². The molecular formula is C12H14N2O7. The van der Waals surface area contributed by atoms with E-state index in [-0.39, 0.29) is 11.4 Å². The number of carboxylic acid groups (broad SMARTS) is 1. The molecule has 0 spiro atoms. The average Bonchev–Trinajstić information content (AvgIpc) is 2.42. The molecule has 9 nitrogen and oxygen atoms in total. The molecule has 0 bridgehead atoms. The van der Waals surface area contributed by atoms with Crippen LogP contribution in [0.3, 0.4) is 0 Å². The second-order valence-corrected chi connectivity index (χ2v) is 4.14. The van der Waals surface area contributed by atoms with Gasteiger partial charge in [-0.25, -0.2) is 4.79 Å². The predicted octanol–water partition coefficient (Wildman–Crippen LogP) is -0.0762. The van der Waals surface area contributed by atoms with Crippen molar-refractivity contribution < 1.29 is 29.5 Å². The number of aliphatic carboxylic acids is 1. The molecule has 0 saturated heterocycles. The van der Waals surface area contributed by atoms with Crippen molar-refractivity contribution in [1.82, 2.24) is 5.32 Å². The number of nitrogens with one attached hydrogen (secondary N) is 1. The first-order chi connectivity index (χ1) is 9.82. The molecule has 1 rings (SSSR count). The number of ether oxygens (including phenoxy) is 1. The van der Waals surface area contributed by atoms with Crippen LogP contribution in [0.2, 0.25) is 0 Å². The Kier molecular flexibility index (Phi) is 5.61. The Bertz CT molecular complexity index is 544. The lowest BCUT2D eigenvalue weighted by atomic mass is 10.2. The summed E-state index contributed by atoms with van der Waals surface area (Å²) in [5.74, 6) is -2.33. The van der Waals surface area contributed by atoms with Crippen LogP contribution in [0.5, 0.6) is 5.75 Å². The lowest BCUT2D eigenvalue weighted by Gasteiger charge is -2.17. The molecule has 1 aromatic carbocycles. The SMILES string of the molecule is CC(O)C(NC(=O)COc1ccccc1[N+](=O)[O-])C(=O)O. The molecule has 1 aromatic rings. The maximum absolute atomic E-state index is 11.5. The third-order valence-corrected chi connectivity index (χ3v) is 2.49. The van der Waals surface area contributed by atoms with E-state index in [4.69, 9.17) is 9.84 Å². The predicted molar refractivity (Wildman–Crippen MR) is 69.8 cm³/mol. The van der Waals surface area contributed by atoms with Gasteiger partial charge in [0.25, 0.3) is 5.91 Å². The van der Waals surface area contributed by atoms with Gasteiger partial charge in [-0.1, -0.05) is 12.1 Å². The Morgan fingerprint density at radius 3 is 2.57 bits per heavy atom. The highest BCUT2D eigenvalue weighted by molar-refractivity contribution is 5.84. The number of carbonyl (C=O) groups is 2. The summed E-state index contributed by atoms with van der Waals surface area (Å²) < 4.78 is 4.99. The summed E-state index contributed by atoms with van der Waals surface area (Å²) in [6, 6.07) is 3.99. The standard InChI is InChI=1S/C12H14N2O7/c1-7(15)11(12(17)18)13-10(16)6-21-9-5-3-2-4-8(9)14(19)20/h2-5,7,11,15H,6H2,1H3,(H,13,16)(H,17,18). The van der Waals surface area contributed by atoms with Crippen LogP contribution in [-0.4, -0.2) is 45.8 Å². The van der Waals surface area contributed by atoms with Gasteiger partial charge >= 0.3 is 11.7 Å². The Labute approximate surface area is 119 Å². The third-order valence-electron chi connectivity index (χ3n) is 2.49. The summed E-state index contributed by atoms with van der Waals surface area (Å²) >= 11 is 0. The molecule has 0 heterocycles. The summed E-state index contributed by atoms with van der Waals surface area (Å²) in [6.07, 6.45) is -1.29. The maximum atomic E-state index is 11.5. The summed E-state index contributed by atoms with van der Waals surface area (Å²) in [6.45, 7) is 0.601. The molecule has 0 radical (unpaired) electrons. The summed E-state index contributed by atoms with van der Waals surface area (Å²) in [5.41, 5.74) is -0.310. The second kappa shape index (κ2) is 7.20. The zero-order valence-electron chi connectivity index (χ0n) is 11.1. The molecular weight excluding hydrogens is 284 g/mol. The highest BCUT2D eigenvalue weighted by Gasteiger charge is 2.25. The molecule has 0 aliphatic heterocycles. The molecule has 2 atom stereocenters. The van der Waals surface area contributed by atoms with Gasteiger partial charge in [-0.2, -0.15) is 0 Å². The van der Waals surface area contributed by atoms with E-state index in [1.165, 1.54) is 31.2 Å². The van der Waals surface area contributed by atoms with E-state index in [0.717, 1.165) is 0 Å². The van der Waals surface area contributed by atoms with Crippen LogP contribution in [0.15, 0.2) is 24.3 Å². The topological polar surface area (TPSA) is 139 Å². The number of carboxylic acids is 1. The highest BCUT2D eigenvalue weighted by Crippen LogP contribution is 2.25. The number of para-hydroxylation sites is 2. The largest absolute Gasteiger partial charge is 0.480 e. The first-order valence-electron chi connectivity index (χ1n) is 5.89. The van der Waals surface area contributed by atoms with Gasteiger partial charge in [0.15, 0.2) is 18.4 Å². The van der Waals surface area contributed by atoms with Crippen LogP contribution in [0.1, 0.15) is 6.92 Å². The Hall–Kier alpha value is -2.68. The van der Waals surface area contributed by atoms with E-state index in [0.29, 0.717) is 0 Å². The third kappa shape index (κ3) is 4.73. The second-order valence-electron chi connectivity index (χ2n) is 4.14. The van der Waals surface area contributed by atoms with Crippen LogP contribution in [0.4, 0.5) is 5.69 Å². The summed E-state index contributed by atoms with van der Waals surface area (Å²) in [5, 5.41) is 30.8. The van der Waals surface area contributed by atoms with Gasteiger partial charge in [-0.3, -0.25) is 14.9 Å². The maximum Gasteiger partial charge on any atom is 0.328 e. The molecule has 3 N–H and O–H groups in total. The lowest BCUT2D eigenvalue weighted by Crippen LogP contribution is -2.49. The zero-order chi connectivity index (χ0) is 16.0. The van der Waals surface area contributed by atoms with Crippen LogP contribution in [0, 0.1) is 10.1 Å². The summed E-state index contributed by atoms with van der Waals surface area (Å²) in [4.78, 5) is 32.4. The molecule has 0 saturated carbocycles. The van der Waals surface area contributed by atoms with Gasteiger partial charge < -0.3 is 20.3 Å². The van der Waals surface area contributed by atoms with Gasteiger partial charge in [0.1, 0.15) is 0 Å². The number of hydrogen-bond acceptors (Lipinski definition) is 6. The van der Waals surface area contributed by atoms with Crippen molar-refractivity contribution in [2.45, 2.75) is 19.1 Å².